The molecule has 1 aliphatic heterocycles. The third-order valence-corrected chi connectivity index (χ3v) is 7.45. The zero-order valence-electron chi connectivity index (χ0n) is 19.2. The Balaban J connectivity index is 2.01. The summed E-state index contributed by atoms with van der Waals surface area (Å²) in [6.07, 6.45) is 2.71. The zero-order valence-corrected chi connectivity index (χ0v) is 21.6. The van der Waals surface area contributed by atoms with Crippen LogP contribution in [0.2, 0.25) is 10.0 Å². The normalized spacial score (nSPS) is 18.5. The fraction of sp³-hybridized carbons (Fsp3) is 0.240. The van der Waals surface area contributed by atoms with Gasteiger partial charge in [-0.05, 0) is 61.7 Å². The lowest BCUT2D eigenvalue weighted by Crippen LogP contribution is -2.35. The molecular formula is C25H22Cl2N4O4S. The number of carbonyl (C=O) groups excluding carboxylic acids is 1. The third kappa shape index (κ3) is 4.90. The number of hydrogen-bond donors (Lipinski definition) is 1. The highest BCUT2D eigenvalue weighted by Gasteiger charge is 2.41. The van der Waals surface area contributed by atoms with Gasteiger partial charge in [0.1, 0.15) is 0 Å². The third-order valence-electron chi connectivity index (χ3n) is 5.96. The molecule has 0 radical (unpaired) electrons. The average molecular weight is 545 g/mol. The molecule has 2 aromatic rings. The van der Waals surface area contributed by atoms with Gasteiger partial charge in [0.2, 0.25) is 10.0 Å². The molecule has 0 amide bonds. The molecule has 0 saturated heterocycles. The van der Waals surface area contributed by atoms with Gasteiger partial charge in [-0.25, -0.2) is 18.5 Å². The minimum absolute atomic E-state index is 0.0631. The highest BCUT2D eigenvalue weighted by molar-refractivity contribution is 7.89. The number of aliphatic imine (C=N–C) groups is 1. The molecule has 1 heterocycles. The largest absolute Gasteiger partial charge is 0.483 e. The van der Waals surface area contributed by atoms with Gasteiger partial charge >= 0.3 is 0 Å². The summed E-state index contributed by atoms with van der Waals surface area (Å²) in [5.41, 5.74) is 2.39. The van der Waals surface area contributed by atoms with Crippen LogP contribution in [-0.4, -0.2) is 27.2 Å². The van der Waals surface area contributed by atoms with Crippen molar-refractivity contribution >= 4 is 51.1 Å². The number of primary sulfonamides is 1. The Bertz CT molecular complexity index is 1460. The summed E-state index contributed by atoms with van der Waals surface area (Å²) in [6.45, 7) is 2.16. The standard InChI is InChI=1S/C25H22Cl2N4O4S/c1-2-35-14-30-25-19(13-28)23(18-11-6-15(26)12-20(18)27)24-21(4-3-5-22(24)32)31(25)16-7-9-17(10-8-16)36(29,33)34/h6-12,14,23H,2-5H2,1H3,(H2,29,33,34)/b30-14+. The molecule has 0 aromatic heterocycles. The Morgan fingerprint density at radius 2 is 1.94 bits per heavy atom. The number of sulfonamides is 1. The first-order chi connectivity index (χ1) is 17.2. The van der Waals surface area contributed by atoms with Crippen molar-refractivity contribution in [2.24, 2.45) is 10.1 Å². The number of nitriles is 1. The topological polar surface area (TPSA) is 126 Å². The van der Waals surface area contributed by atoms with Crippen molar-refractivity contribution in [1.29, 1.82) is 5.26 Å². The van der Waals surface area contributed by atoms with E-state index in [-0.39, 0.29) is 22.1 Å². The summed E-state index contributed by atoms with van der Waals surface area (Å²) >= 11 is 12.7. The van der Waals surface area contributed by atoms with Crippen LogP contribution in [-0.2, 0) is 19.6 Å². The molecule has 11 heteroatoms. The molecule has 2 aliphatic rings. The van der Waals surface area contributed by atoms with E-state index < -0.39 is 15.9 Å². The minimum atomic E-state index is -3.91. The van der Waals surface area contributed by atoms with E-state index in [1.165, 1.54) is 18.5 Å². The smallest absolute Gasteiger partial charge is 0.238 e. The number of ketones is 1. The van der Waals surface area contributed by atoms with Crippen LogP contribution in [0.1, 0.15) is 37.7 Å². The van der Waals surface area contributed by atoms with Crippen LogP contribution in [0.5, 0.6) is 0 Å². The van der Waals surface area contributed by atoms with E-state index in [2.05, 4.69) is 11.1 Å². The fourth-order valence-electron chi connectivity index (χ4n) is 4.44. The fourth-order valence-corrected chi connectivity index (χ4v) is 5.47. The van der Waals surface area contributed by atoms with Gasteiger partial charge in [-0.15, -0.1) is 0 Å². The van der Waals surface area contributed by atoms with Gasteiger partial charge in [-0.3, -0.25) is 9.69 Å². The molecule has 0 bridgehead atoms. The van der Waals surface area contributed by atoms with E-state index in [1.54, 1.807) is 42.2 Å². The van der Waals surface area contributed by atoms with Crippen molar-refractivity contribution in [3.05, 3.63) is 80.7 Å². The maximum atomic E-state index is 13.3. The lowest BCUT2D eigenvalue weighted by atomic mass is 9.75. The van der Waals surface area contributed by atoms with Gasteiger partial charge in [0, 0.05) is 33.4 Å². The van der Waals surface area contributed by atoms with E-state index in [9.17, 15) is 18.5 Å². The van der Waals surface area contributed by atoms with E-state index in [1.807, 2.05) is 0 Å². The van der Waals surface area contributed by atoms with E-state index in [0.29, 0.717) is 58.4 Å². The monoisotopic (exact) mass is 544 g/mol. The molecule has 4 rings (SSSR count). The molecule has 0 fully saturated rings. The van der Waals surface area contributed by atoms with Crippen LogP contribution in [0, 0.1) is 11.3 Å². The SMILES string of the molecule is CCO/C=N/C1=C(C#N)C(c2ccc(Cl)cc2Cl)C2=C(CCCC2=O)N1c1ccc(S(N)(=O)=O)cc1. The van der Waals surface area contributed by atoms with Gasteiger partial charge in [0.15, 0.2) is 18.0 Å². The summed E-state index contributed by atoms with van der Waals surface area (Å²) in [5, 5.41) is 16.4. The number of carbonyl (C=O) groups is 1. The van der Waals surface area contributed by atoms with E-state index in [4.69, 9.17) is 33.1 Å². The zero-order chi connectivity index (χ0) is 26.0. The van der Waals surface area contributed by atoms with Crippen LogP contribution in [0.4, 0.5) is 5.69 Å². The van der Waals surface area contributed by atoms with Gasteiger partial charge in [-0.1, -0.05) is 29.3 Å². The number of nitrogens with zero attached hydrogens (tertiary/aromatic N) is 3. The molecular weight excluding hydrogens is 523 g/mol. The summed E-state index contributed by atoms with van der Waals surface area (Å²) in [4.78, 5) is 19.4. The van der Waals surface area contributed by atoms with Crippen LogP contribution >= 0.6 is 23.2 Å². The predicted molar refractivity (Wildman–Crippen MR) is 138 cm³/mol. The number of hydrogen-bond acceptors (Lipinski definition) is 7. The Morgan fingerprint density at radius 3 is 2.56 bits per heavy atom. The molecule has 2 aromatic carbocycles. The number of allylic oxidation sites excluding steroid dienone is 3. The number of halogens is 2. The maximum Gasteiger partial charge on any atom is 0.238 e. The molecule has 1 atom stereocenters. The summed E-state index contributed by atoms with van der Waals surface area (Å²) in [6, 6.07) is 13.0. The number of rotatable bonds is 6. The highest BCUT2D eigenvalue weighted by Crippen LogP contribution is 2.49. The average Bonchev–Trinajstić information content (AvgIpc) is 2.83. The first kappa shape index (κ1) is 25.9. The molecule has 36 heavy (non-hydrogen) atoms. The first-order valence-corrected chi connectivity index (χ1v) is 13.4. The lowest BCUT2D eigenvalue weighted by Gasteiger charge is -2.39. The summed E-state index contributed by atoms with van der Waals surface area (Å²) < 4.78 is 28.9. The van der Waals surface area contributed by atoms with Crippen molar-refractivity contribution in [1.82, 2.24) is 0 Å². The Kier molecular flexibility index (Phi) is 7.52. The predicted octanol–water partition coefficient (Wildman–Crippen LogP) is 5.05. The highest BCUT2D eigenvalue weighted by atomic mass is 35.5. The van der Waals surface area contributed by atoms with Gasteiger partial charge in [-0.2, -0.15) is 5.26 Å². The van der Waals surface area contributed by atoms with E-state index >= 15 is 0 Å². The number of Topliss-reactive ketones (excluding diaryl/α,β-unsaturated/α-hetero) is 1. The van der Waals surface area contributed by atoms with Crippen LogP contribution in [0.3, 0.4) is 0 Å². The number of anilines is 1. The quantitative estimate of drug-likeness (QED) is 0.400. The van der Waals surface area contributed by atoms with Crippen LogP contribution in [0.15, 0.2) is 75.0 Å². The van der Waals surface area contributed by atoms with Crippen molar-refractivity contribution < 1.29 is 17.9 Å². The number of ether oxygens (including phenoxy) is 1. The molecule has 186 valence electrons. The lowest BCUT2D eigenvalue weighted by molar-refractivity contribution is -0.116. The number of nitrogens with two attached hydrogens (primary N) is 1. The van der Waals surface area contributed by atoms with Crippen LogP contribution < -0.4 is 10.0 Å². The molecule has 0 spiro atoms. The molecule has 2 N–H and O–H groups in total. The van der Waals surface area contributed by atoms with Crippen LogP contribution in [0.25, 0.3) is 0 Å². The van der Waals surface area contributed by atoms with Crippen molar-refractivity contribution in [3.63, 3.8) is 0 Å². The summed E-state index contributed by atoms with van der Waals surface area (Å²) in [7, 11) is -3.91. The second-order valence-electron chi connectivity index (χ2n) is 8.15. The second kappa shape index (κ2) is 10.4. The second-order valence-corrected chi connectivity index (χ2v) is 10.6. The van der Waals surface area contributed by atoms with Crippen molar-refractivity contribution in [2.75, 3.05) is 11.5 Å². The minimum Gasteiger partial charge on any atom is -0.483 e. The van der Waals surface area contributed by atoms with Gasteiger partial charge in [0.05, 0.1) is 29.1 Å². The maximum absolute atomic E-state index is 13.3. The number of benzene rings is 2. The summed E-state index contributed by atoms with van der Waals surface area (Å²) in [5.74, 6) is -0.603. The van der Waals surface area contributed by atoms with Crippen molar-refractivity contribution in [3.8, 4) is 6.07 Å². The van der Waals surface area contributed by atoms with Gasteiger partial charge < -0.3 is 4.74 Å². The first-order valence-electron chi connectivity index (χ1n) is 11.1. The molecule has 0 saturated carbocycles. The Hall–Kier alpha value is -3.16. The molecule has 1 aliphatic carbocycles. The Morgan fingerprint density at radius 1 is 1.22 bits per heavy atom. The Labute approximate surface area is 219 Å². The van der Waals surface area contributed by atoms with E-state index in [0.717, 1.165) is 0 Å². The molecule has 1 unspecified atom stereocenters. The molecule has 8 nitrogen and oxygen atoms in total. The van der Waals surface area contributed by atoms with Crippen molar-refractivity contribution in [2.45, 2.75) is 37.0 Å². The van der Waals surface area contributed by atoms with Gasteiger partial charge in [0.25, 0.3) is 0 Å².